The Balaban J connectivity index is 1.98. The van der Waals surface area contributed by atoms with E-state index in [2.05, 4.69) is 15.4 Å². The Kier molecular flexibility index (Phi) is 4.56. The number of carbonyl (C=O) groups is 1. The van der Waals surface area contributed by atoms with Gasteiger partial charge in [-0.15, -0.1) is 0 Å². The van der Waals surface area contributed by atoms with Gasteiger partial charge in [-0.25, -0.2) is 0 Å². The van der Waals surface area contributed by atoms with Crippen molar-refractivity contribution in [1.29, 1.82) is 0 Å². The molecule has 3 aromatic rings. The molecule has 6 heteroatoms. The summed E-state index contributed by atoms with van der Waals surface area (Å²) in [6, 6.07) is 12.8. The average Bonchev–Trinajstić information content (AvgIpc) is 3.07. The van der Waals surface area contributed by atoms with Gasteiger partial charge in [0.05, 0.1) is 24.6 Å². The zero-order valence-electron chi connectivity index (χ0n) is 13.5. The molecule has 2 heterocycles. The fraction of sp³-hybridized carbons (Fsp3) is 0.167. The summed E-state index contributed by atoms with van der Waals surface area (Å²) < 4.78 is 7.03. The van der Waals surface area contributed by atoms with Crippen molar-refractivity contribution in [3.63, 3.8) is 0 Å². The Morgan fingerprint density at radius 3 is 2.67 bits per heavy atom. The lowest BCUT2D eigenvalue weighted by atomic mass is 10.0. The molecule has 0 bridgehead atoms. The topological polar surface area (TPSA) is 69.0 Å². The summed E-state index contributed by atoms with van der Waals surface area (Å²) in [6.07, 6.45) is 4.91. The number of ether oxygens (including phenoxy) is 1. The Bertz CT molecular complexity index is 830. The normalized spacial score (nSPS) is 11.8. The van der Waals surface area contributed by atoms with E-state index in [-0.39, 0.29) is 5.91 Å². The Morgan fingerprint density at radius 1 is 1.21 bits per heavy atom. The van der Waals surface area contributed by atoms with Gasteiger partial charge >= 0.3 is 0 Å². The van der Waals surface area contributed by atoms with Gasteiger partial charge in [-0.3, -0.25) is 14.5 Å². The van der Waals surface area contributed by atoms with Crippen LogP contribution in [0.1, 0.15) is 27.7 Å². The molecule has 0 fully saturated rings. The van der Waals surface area contributed by atoms with Crippen LogP contribution in [-0.2, 0) is 7.05 Å². The smallest absolute Gasteiger partial charge is 0.255 e. The zero-order chi connectivity index (χ0) is 16.9. The quantitative estimate of drug-likeness (QED) is 0.783. The third-order valence-corrected chi connectivity index (χ3v) is 3.68. The number of nitrogens with one attached hydrogen (secondary N) is 1. The van der Waals surface area contributed by atoms with Crippen molar-refractivity contribution in [3.8, 4) is 5.75 Å². The van der Waals surface area contributed by atoms with E-state index in [4.69, 9.17) is 4.74 Å². The standard InChI is InChI=1S/C18H18N4O2/c1-22-12-13(11-20-22)18(23)21-17(15-8-5-6-10-19-15)14-7-3-4-9-16(14)24-2/h3-12,17H,1-2H3,(H,21,23)/t17-/m0/s1. The highest BCUT2D eigenvalue weighted by atomic mass is 16.5. The molecule has 0 unspecified atom stereocenters. The van der Waals surface area contributed by atoms with Gasteiger partial charge in [-0.2, -0.15) is 5.10 Å². The number of aromatic nitrogens is 3. The lowest BCUT2D eigenvalue weighted by Crippen LogP contribution is -2.30. The van der Waals surface area contributed by atoms with Gasteiger partial charge in [-0.1, -0.05) is 24.3 Å². The van der Waals surface area contributed by atoms with Crippen molar-refractivity contribution in [3.05, 3.63) is 77.9 Å². The molecule has 0 saturated heterocycles. The summed E-state index contributed by atoms with van der Waals surface area (Å²) >= 11 is 0. The monoisotopic (exact) mass is 322 g/mol. The van der Waals surface area contributed by atoms with Crippen molar-refractivity contribution < 1.29 is 9.53 Å². The predicted octanol–water partition coefficient (Wildman–Crippen LogP) is 2.34. The molecule has 24 heavy (non-hydrogen) atoms. The summed E-state index contributed by atoms with van der Waals surface area (Å²) in [5.74, 6) is 0.476. The molecule has 1 aromatic carbocycles. The van der Waals surface area contributed by atoms with Crippen LogP contribution >= 0.6 is 0 Å². The van der Waals surface area contributed by atoms with Crippen LogP contribution in [0.15, 0.2) is 61.1 Å². The van der Waals surface area contributed by atoms with Crippen LogP contribution in [0.5, 0.6) is 5.75 Å². The number of aryl methyl sites for hydroxylation is 1. The first-order valence-electron chi connectivity index (χ1n) is 7.52. The van der Waals surface area contributed by atoms with Crippen LogP contribution in [0.3, 0.4) is 0 Å². The first-order valence-corrected chi connectivity index (χ1v) is 7.52. The van der Waals surface area contributed by atoms with E-state index in [1.165, 1.54) is 6.20 Å². The van der Waals surface area contributed by atoms with Gasteiger partial charge in [0.15, 0.2) is 0 Å². The SMILES string of the molecule is COc1ccccc1[C@H](NC(=O)c1cnn(C)c1)c1ccccn1. The van der Waals surface area contributed by atoms with Crippen molar-refractivity contribution in [2.75, 3.05) is 7.11 Å². The first-order chi connectivity index (χ1) is 11.7. The van der Waals surface area contributed by atoms with Crippen LogP contribution in [0.4, 0.5) is 0 Å². The van der Waals surface area contributed by atoms with Crippen LogP contribution in [0.25, 0.3) is 0 Å². The van der Waals surface area contributed by atoms with Crippen LogP contribution in [0.2, 0.25) is 0 Å². The van der Waals surface area contributed by atoms with Gasteiger partial charge in [0, 0.05) is 25.0 Å². The van der Waals surface area contributed by atoms with Crippen molar-refractivity contribution in [2.24, 2.45) is 7.05 Å². The zero-order valence-corrected chi connectivity index (χ0v) is 13.5. The molecule has 0 aliphatic heterocycles. The maximum Gasteiger partial charge on any atom is 0.255 e. The van der Waals surface area contributed by atoms with Crippen LogP contribution in [-0.4, -0.2) is 27.8 Å². The highest BCUT2D eigenvalue weighted by Gasteiger charge is 2.22. The number of pyridine rings is 1. The Morgan fingerprint density at radius 2 is 2.00 bits per heavy atom. The summed E-state index contributed by atoms with van der Waals surface area (Å²) in [5, 5.41) is 7.06. The van der Waals surface area contributed by atoms with Gasteiger partial charge in [-0.05, 0) is 18.2 Å². The number of hydrogen-bond acceptors (Lipinski definition) is 4. The van der Waals surface area contributed by atoms with E-state index in [1.807, 2.05) is 42.5 Å². The summed E-state index contributed by atoms with van der Waals surface area (Å²) in [5.41, 5.74) is 2.07. The fourth-order valence-electron chi connectivity index (χ4n) is 2.52. The molecule has 1 atom stereocenters. The minimum absolute atomic E-state index is 0.218. The van der Waals surface area contributed by atoms with E-state index in [0.29, 0.717) is 11.3 Å². The lowest BCUT2D eigenvalue weighted by Gasteiger charge is -2.20. The molecule has 0 radical (unpaired) electrons. The molecule has 2 aromatic heterocycles. The Hall–Kier alpha value is -3.15. The van der Waals surface area contributed by atoms with Gasteiger partial charge in [0.1, 0.15) is 11.8 Å². The molecule has 1 amide bonds. The van der Waals surface area contributed by atoms with E-state index in [1.54, 1.807) is 31.2 Å². The molecule has 6 nitrogen and oxygen atoms in total. The number of carbonyl (C=O) groups excluding carboxylic acids is 1. The van der Waals surface area contributed by atoms with Gasteiger partial charge in [0.2, 0.25) is 0 Å². The average molecular weight is 322 g/mol. The molecular formula is C18H18N4O2. The lowest BCUT2D eigenvalue weighted by molar-refractivity contribution is 0.0942. The molecular weight excluding hydrogens is 304 g/mol. The highest BCUT2D eigenvalue weighted by molar-refractivity contribution is 5.94. The second-order valence-corrected chi connectivity index (χ2v) is 5.31. The summed E-state index contributed by atoms with van der Waals surface area (Å²) in [7, 11) is 3.38. The number of nitrogens with zero attached hydrogens (tertiary/aromatic N) is 3. The maximum atomic E-state index is 12.6. The van der Waals surface area contributed by atoms with E-state index in [9.17, 15) is 4.79 Å². The molecule has 0 aliphatic rings. The van der Waals surface area contributed by atoms with E-state index >= 15 is 0 Å². The van der Waals surface area contributed by atoms with E-state index < -0.39 is 6.04 Å². The van der Waals surface area contributed by atoms with Crippen LogP contribution in [0, 0.1) is 0 Å². The number of hydrogen-bond donors (Lipinski definition) is 1. The number of para-hydroxylation sites is 1. The van der Waals surface area contributed by atoms with E-state index in [0.717, 1.165) is 11.3 Å². The minimum atomic E-state index is -0.421. The number of methoxy groups -OCH3 is 1. The number of rotatable bonds is 5. The van der Waals surface area contributed by atoms with Gasteiger partial charge < -0.3 is 10.1 Å². The molecule has 0 aliphatic carbocycles. The molecule has 0 saturated carbocycles. The fourth-order valence-corrected chi connectivity index (χ4v) is 2.52. The largest absolute Gasteiger partial charge is 0.496 e. The van der Waals surface area contributed by atoms with Crippen LogP contribution < -0.4 is 10.1 Å². The molecule has 122 valence electrons. The predicted molar refractivity (Wildman–Crippen MR) is 89.7 cm³/mol. The number of benzene rings is 1. The van der Waals surface area contributed by atoms with Crippen molar-refractivity contribution >= 4 is 5.91 Å². The second-order valence-electron chi connectivity index (χ2n) is 5.31. The second kappa shape index (κ2) is 6.95. The Labute approximate surface area is 140 Å². The number of amides is 1. The summed E-state index contributed by atoms with van der Waals surface area (Å²) in [4.78, 5) is 17.0. The molecule has 3 rings (SSSR count). The third-order valence-electron chi connectivity index (χ3n) is 3.68. The third kappa shape index (κ3) is 3.27. The highest BCUT2D eigenvalue weighted by Crippen LogP contribution is 2.29. The van der Waals surface area contributed by atoms with Crippen molar-refractivity contribution in [2.45, 2.75) is 6.04 Å². The molecule has 1 N–H and O–H groups in total. The summed E-state index contributed by atoms with van der Waals surface area (Å²) in [6.45, 7) is 0. The maximum absolute atomic E-state index is 12.6. The van der Waals surface area contributed by atoms with Crippen molar-refractivity contribution in [1.82, 2.24) is 20.1 Å². The first kappa shape index (κ1) is 15.7. The minimum Gasteiger partial charge on any atom is -0.496 e. The van der Waals surface area contributed by atoms with Gasteiger partial charge in [0.25, 0.3) is 5.91 Å². The molecule has 0 spiro atoms.